The molecule has 172 valence electrons. The molecule has 1 aromatic rings. The first-order chi connectivity index (χ1) is 14.6. The number of urea groups is 1. The molecule has 0 radical (unpaired) electrons. The van der Waals surface area contributed by atoms with Crippen molar-refractivity contribution in [3.05, 3.63) is 41.7 Å². The quantitative estimate of drug-likeness (QED) is 0.490. The largest absolute Gasteiger partial charge is 0.485 e. The Morgan fingerprint density at radius 3 is 2.71 bits per heavy atom. The Bertz CT molecular complexity index is 924. The van der Waals surface area contributed by atoms with Gasteiger partial charge in [0.2, 0.25) is 15.9 Å². The van der Waals surface area contributed by atoms with Crippen LogP contribution in [-0.2, 0) is 14.8 Å². The van der Waals surface area contributed by atoms with Crippen LogP contribution in [0.5, 0.6) is 5.75 Å². The molecule has 0 aromatic heterocycles. The topological polar surface area (TPSA) is 105 Å². The lowest BCUT2D eigenvalue weighted by molar-refractivity contribution is -0.121. The zero-order valence-corrected chi connectivity index (χ0v) is 17.6. The number of hydrogen-bond acceptors (Lipinski definition) is 5. The van der Waals surface area contributed by atoms with Gasteiger partial charge in [0.15, 0.2) is 11.6 Å². The summed E-state index contributed by atoms with van der Waals surface area (Å²) in [6, 6.07) is 2.32. The minimum atomic E-state index is -3.69. The summed E-state index contributed by atoms with van der Waals surface area (Å²) in [6.07, 6.45) is 0.887. The summed E-state index contributed by atoms with van der Waals surface area (Å²) < 4.78 is 69.9. The molecule has 2 N–H and O–H groups in total. The average Bonchev–Trinajstić information content (AvgIpc) is 2.68. The van der Waals surface area contributed by atoms with Crippen molar-refractivity contribution in [1.29, 1.82) is 0 Å². The number of nitrogens with one attached hydrogen (secondary N) is 2. The highest BCUT2D eigenvalue weighted by molar-refractivity contribution is 7.89. The number of rotatable bonds is 11. The van der Waals surface area contributed by atoms with Crippen molar-refractivity contribution in [1.82, 2.24) is 14.9 Å². The molecule has 1 unspecified atom stereocenters. The predicted octanol–water partition coefficient (Wildman–Crippen LogP) is 2.34. The summed E-state index contributed by atoms with van der Waals surface area (Å²) in [4.78, 5) is 24.1. The molecule has 0 saturated carbocycles. The summed E-state index contributed by atoms with van der Waals surface area (Å²) in [5.41, 5.74) is 0.357. The number of carbonyl (C=O) groups is 2. The zero-order valence-electron chi connectivity index (χ0n) is 16.8. The summed E-state index contributed by atoms with van der Waals surface area (Å²) in [6.45, 7) is 1.11. The van der Waals surface area contributed by atoms with Gasteiger partial charge in [0.25, 0.3) is 6.43 Å². The van der Waals surface area contributed by atoms with Gasteiger partial charge in [-0.15, -0.1) is 0 Å². The molecule has 1 atom stereocenters. The Kier molecular flexibility index (Phi) is 8.87. The van der Waals surface area contributed by atoms with Gasteiger partial charge in [0, 0.05) is 25.6 Å². The van der Waals surface area contributed by atoms with Crippen LogP contribution in [0.3, 0.4) is 0 Å². The molecule has 8 nitrogen and oxygen atoms in total. The van der Waals surface area contributed by atoms with Crippen LogP contribution in [0.25, 0.3) is 0 Å². The van der Waals surface area contributed by atoms with Crippen LogP contribution >= 0.6 is 0 Å². The Labute approximate surface area is 178 Å². The number of imide groups is 1. The van der Waals surface area contributed by atoms with E-state index in [1.165, 1.54) is 24.0 Å². The van der Waals surface area contributed by atoms with Gasteiger partial charge in [-0.25, -0.2) is 31.1 Å². The molecular formula is C19H24F3N3O5S. The fraction of sp³-hybridized carbons (Fsp3) is 0.474. The van der Waals surface area contributed by atoms with Crippen LogP contribution in [0, 0.1) is 5.82 Å². The smallest absolute Gasteiger partial charge is 0.324 e. The van der Waals surface area contributed by atoms with E-state index in [0.717, 1.165) is 6.07 Å². The third-order valence-corrected chi connectivity index (χ3v) is 5.85. The highest BCUT2D eigenvalue weighted by Crippen LogP contribution is 2.24. The summed E-state index contributed by atoms with van der Waals surface area (Å²) in [5, 5.41) is 2.19. The standard InChI is InChI=1S/C19H24F3N3O5S/c1-13(14-5-6-15(20)16(11-14)30-12-17(21)22)24-31(28,29)10-4-2-3-8-25-9-7-18(26)23-19(25)27/h2-3,5-6,11,13,17,24H,4,7-10,12H2,1H3,(H,23,26,27)/b3-2+. The van der Waals surface area contributed by atoms with E-state index in [1.54, 1.807) is 12.2 Å². The van der Waals surface area contributed by atoms with Gasteiger partial charge in [-0.05, 0) is 31.0 Å². The van der Waals surface area contributed by atoms with Crippen LogP contribution in [0.15, 0.2) is 30.4 Å². The summed E-state index contributed by atoms with van der Waals surface area (Å²) in [5.74, 6) is -1.76. The molecule has 1 aromatic carbocycles. The number of carbonyl (C=O) groups excluding carboxylic acids is 2. The first-order valence-corrected chi connectivity index (χ1v) is 11.2. The highest BCUT2D eigenvalue weighted by Gasteiger charge is 2.21. The molecule has 1 aliphatic heterocycles. The maximum atomic E-state index is 13.7. The minimum absolute atomic E-state index is 0.183. The van der Waals surface area contributed by atoms with Gasteiger partial charge in [-0.3, -0.25) is 10.1 Å². The van der Waals surface area contributed by atoms with E-state index >= 15 is 0 Å². The van der Waals surface area contributed by atoms with E-state index in [9.17, 15) is 31.2 Å². The molecule has 1 heterocycles. The van der Waals surface area contributed by atoms with E-state index < -0.39 is 40.9 Å². The van der Waals surface area contributed by atoms with Crippen molar-refractivity contribution in [3.63, 3.8) is 0 Å². The number of ether oxygens (including phenoxy) is 1. The Balaban J connectivity index is 1.84. The normalized spacial score (nSPS) is 16.1. The second-order valence-corrected chi connectivity index (χ2v) is 8.73. The second kappa shape index (κ2) is 11.1. The van der Waals surface area contributed by atoms with Gasteiger partial charge in [0.05, 0.1) is 5.75 Å². The van der Waals surface area contributed by atoms with Crippen molar-refractivity contribution >= 4 is 22.0 Å². The second-order valence-electron chi connectivity index (χ2n) is 6.86. The first kappa shape index (κ1) is 24.7. The van der Waals surface area contributed by atoms with Gasteiger partial charge >= 0.3 is 6.03 Å². The van der Waals surface area contributed by atoms with Gasteiger partial charge in [-0.2, -0.15) is 0 Å². The Morgan fingerprint density at radius 1 is 1.29 bits per heavy atom. The van der Waals surface area contributed by atoms with E-state index in [-0.39, 0.29) is 36.8 Å². The lowest BCUT2D eigenvalue weighted by atomic mass is 10.1. The van der Waals surface area contributed by atoms with Gasteiger partial charge in [0.1, 0.15) is 6.61 Å². The van der Waals surface area contributed by atoms with Crippen LogP contribution < -0.4 is 14.8 Å². The van der Waals surface area contributed by atoms with Crippen LogP contribution in [0.2, 0.25) is 0 Å². The monoisotopic (exact) mass is 463 g/mol. The number of nitrogens with zero attached hydrogens (tertiary/aromatic N) is 1. The van der Waals surface area contributed by atoms with Crippen molar-refractivity contribution in [2.24, 2.45) is 0 Å². The Hall–Kier alpha value is -2.60. The number of benzene rings is 1. The molecule has 31 heavy (non-hydrogen) atoms. The summed E-state index contributed by atoms with van der Waals surface area (Å²) in [7, 11) is -3.69. The molecule has 3 amide bonds. The van der Waals surface area contributed by atoms with E-state index in [4.69, 9.17) is 4.74 Å². The molecule has 12 heteroatoms. The molecule has 0 aliphatic carbocycles. The zero-order chi connectivity index (χ0) is 23.0. The van der Waals surface area contributed by atoms with Crippen LogP contribution in [0.1, 0.15) is 31.4 Å². The number of amides is 3. The van der Waals surface area contributed by atoms with Gasteiger partial charge in [-0.1, -0.05) is 18.2 Å². The molecule has 1 saturated heterocycles. The maximum absolute atomic E-state index is 13.7. The predicted molar refractivity (Wildman–Crippen MR) is 107 cm³/mol. The fourth-order valence-electron chi connectivity index (χ4n) is 2.76. The molecule has 2 rings (SSSR count). The minimum Gasteiger partial charge on any atom is -0.485 e. The maximum Gasteiger partial charge on any atom is 0.324 e. The van der Waals surface area contributed by atoms with Crippen molar-refractivity contribution in [3.8, 4) is 5.75 Å². The molecule has 0 spiro atoms. The van der Waals surface area contributed by atoms with Crippen LogP contribution in [0.4, 0.5) is 18.0 Å². The van der Waals surface area contributed by atoms with E-state index in [2.05, 4.69) is 10.0 Å². The molecule has 0 bridgehead atoms. The SMILES string of the molecule is CC(NS(=O)(=O)CC/C=C/CN1CCC(=O)NC1=O)c1ccc(F)c(OCC(F)F)c1. The first-order valence-electron chi connectivity index (χ1n) is 9.51. The highest BCUT2D eigenvalue weighted by atomic mass is 32.2. The van der Waals surface area contributed by atoms with Crippen molar-refractivity contribution < 1.29 is 35.9 Å². The van der Waals surface area contributed by atoms with Crippen molar-refractivity contribution in [2.75, 3.05) is 25.4 Å². The van der Waals surface area contributed by atoms with Crippen molar-refractivity contribution in [2.45, 2.75) is 32.2 Å². The number of allylic oxidation sites excluding steroid dienone is 1. The number of sulfonamides is 1. The van der Waals surface area contributed by atoms with Crippen LogP contribution in [-0.4, -0.2) is 57.1 Å². The molecule has 1 aliphatic rings. The molecule has 1 fully saturated rings. The third kappa shape index (κ3) is 8.21. The lowest BCUT2D eigenvalue weighted by Gasteiger charge is -2.25. The Morgan fingerprint density at radius 2 is 2.03 bits per heavy atom. The lowest BCUT2D eigenvalue weighted by Crippen LogP contribution is -2.49. The number of alkyl halides is 2. The van der Waals surface area contributed by atoms with Gasteiger partial charge < -0.3 is 9.64 Å². The van der Waals surface area contributed by atoms with E-state index in [0.29, 0.717) is 12.1 Å². The summed E-state index contributed by atoms with van der Waals surface area (Å²) >= 11 is 0. The third-order valence-electron chi connectivity index (χ3n) is 4.36. The van der Waals surface area contributed by atoms with E-state index in [1.807, 2.05) is 0 Å². The fourth-order valence-corrected chi connectivity index (χ4v) is 4.00. The average molecular weight is 463 g/mol. The molecular weight excluding hydrogens is 439 g/mol. The number of hydrogen-bond donors (Lipinski definition) is 2. The number of halogens is 3.